The predicted molar refractivity (Wildman–Crippen MR) is 86.4 cm³/mol. The van der Waals surface area contributed by atoms with E-state index in [0.717, 1.165) is 16.3 Å². The summed E-state index contributed by atoms with van der Waals surface area (Å²) in [7, 11) is -3.40. The van der Waals surface area contributed by atoms with Crippen molar-refractivity contribution in [3.05, 3.63) is 58.1 Å². The lowest BCUT2D eigenvalue weighted by Crippen LogP contribution is -2.14. The third-order valence-electron chi connectivity index (χ3n) is 2.84. The van der Waals surface area contributed by atoms with Crippen LogP contribution in [0.15, 0.2) is 51.8 Å². The first-order chi connectivity index (χ1) is 9.77. The minimum Gasteiger partial charge on any atom is -0.321 e. The molecule has 0 aliphatic rings. The zero-order valence-corrected chi connectivity index (χ0v) is 14.0. The van der Waals surface area contributed by atoms with E-state index in [1.807, 2.05) is 13.0 Å². The van der Waals surface area contributed by atoms with Gasteiger partial charge in [0.15, 0.2) is 9.84 Å². The quantitative estimate of drug-likeness (QED) is 0.903. The average Bonchev–Trinajstić information content (AvgIpc) is 2.37. The van der Waals surface area contributed by atoms with Gasteiger partial charge >= 0.3 is 0 Å². The Morgan fingerprint density at radius 2 is 1.81 bits per heavy atom. The van der Waals surface area contributed by atoms with Gasteiger partial charge in [0.25, 0.3) is 5.91 Å². The lowest BCUT2D eigenvalue weighted by atomic mass is 10.1. The Balaban J connectivity index is 2.37. The number of sulfone groups is 1. The summed E-state index contributed by atoms with van der Waals surface area (Å²) < 4.78 is 24.2. The number of para-hydroxylation sites is 1. The van der Waals surface area contributed by atoms with Gasteiger partial charge in [-0.3, -0.25) is 4.79 Å². The van der Waals surface area contributed by atoms with Crippen molar-refractivity contribution in [1.82, 2.24) is 0 Å². The molecule has 0 fully saturated rings. The smallest absolute Gasteiger partial charge is 0.255 e. The van der Waals surface area contributed by atoms with Crippen molar-refractivity contribution in [2.45, 2.75) is 11.8 Å². The first-order valence-electron chi connectivity index (χ1n) is 6.15. The SMILES string of the molecule is Cc1cc(Br)cc(C(=O)Nc2ccccc2S(C)(=O)=O)c1. The van der Waals surface area contributed by atoms with Gasteiger partial charge < -0.3 is 5.32 Å². The van der Waals surface area contributed by atoms with Crippen LogP contribution in [0.3, 0.4) is 0 Å². The molecule has 0 spiro atoms. The van der Waals surface area contributed by atoms with Crippen molar-refractivity contribution in [1.29, 1.82) is 0 Å². The molecule has 0 radical (unpaired) electrons. The molecule has 21 heavy (non-hydrogen) atoms. The number of halogens is 1. The van der Waals surface area contributed by atoms with Crippen LogP contribution in [-0.4, -0.2) is 20.6 Å². The Morgan fingerprint density at radius 3 is 2.43 bits per heavy atom. The van der Waals surface area contributed by atoms with Gasteiger partial charge in [0, 0.05) is 16.3 Å². The van der Waals surface area contributed by atoms with Crippen LogP contribution in [0.5, 0.6) is 0 Å². The maximum atomic E-state index is 12.3. The van der Waals surface area contributed by atoms with Gasteiger partial charge in [-0.15, -0.1) is 0 Å². The number of hydrogen-bond donors (Lipinski definition) is 1. The van der Waals surface area contributed by atoms with Crippen LogP contribution in [0.1, 0.15) is 15.9 Å². The highest BCUT2D eigenvalue weighted by Crippen LogP contribution is 2.22. The van der Waals surface area contributed by atoms with E-state index in [4.69, 9.17) is 0 Å². The maximum Gasteiger partial charge on any atom is 0.255 e. The molecule has 4 nitrogen and oxygen atoms in total. The largest absolute Gasteiger partial charge is 0.321 e. The lowest BCUT2D eigenvalue weighted by Gasteiger charge is -2.10. The number of anilines is 1. The fourth-order valence-corrected chi connectivity index (χ4v) is 3.41. The second-order valence-electron chi connectivity index (χ2n) is 4.74. The zero-order chi connectivity index (χ0) is 15.6. The van der Waals surface area contributed by atoms with E-state index in [9.17, 15) is 13.2 Å². The van der Waals surface area contributed by atoms with E-state index in [2.05, 4.69) is 21.2 Å². The highest BCUT2D eigenvalue weighted by atomic mass is 79.9. The van der Waals surface area contributed by atoms with Crippen molar-refractivity contribution in [3.63, 3.8) is 0 Å². The van der Waals surface area contributed by atoms with Crippen molar-refractivity contribution < 1.29 is 13.2 Å². The standard InChI is InChI=1S/C15H14BrNO3S/c1-10-7-11(9-12(16)8-10)15(18)17-13-5-3-4-6-14(13)21(2,19)20/h3-9H,1-2H3,(H,17,18). The second kappa shape index (κ2) is 5.99. The summed E-state index contributed by atoms with van der Waals surface area (Å²) in [5.74, 6) is -0.351. The normalized spacial score (nSPS) is 11.2. The molecular weight excluding hydrogens is 354 g/mol. The van der Waals surface area contributed by atoms with Crippen LogP contribution < -0.4 is 5.32 Å². The third-order valence-corrected chi connectivity index (χ3v) is 4.45. The molecule has 1 amide bonds. The van der Waals surface area contributed by atoms with Crippen LogP contribution in [-0.2, 0) is 9.84 Å². The molecular formula is C15H14BrNO3S. The number of hydrogen-bond acceptors (Lipinski definition) is 3. The van der Waals surface area contributed by atoms with Crippen molar-refractivity contribution in [3.8, 4) is 0 Å². The van der Waals surface area contributed by atoms with Gasteiger partial charge in [0.05, 0.1) is 10.6 Å². The van der Waals surface area contributed by atoms with E-state index in [0.29, 0.717) is 5.56 Å². The van der Waals surface area contributed by atoms with Gasteiger partial charge in [0.2, 0.25) is 0 Å². The van der Waals surface area contributed by atoms with Crippen molar-refractivity contribution in [2.24, 2.45) is 0 Å². The van der Waals surface area contributed by atoms with Gasteiger partial charge in [0.1, 0.15) is 0 Å². The molecule has 0 aliphatic heterocycles. The van der Waals surface area contributed by atoms with Crippen LogP contribution in [0.4, 0.5) is 5.69 Å². The van der Waals surface area contributed by atoms with Gasteiger partial charge in [-0.1, -0.05) is 28.1 Å². The summed E-state index contributed by atoms with van der Waals surface area (Å²) in [4.78, 5) is 12.4. The first-order valence-corrected chi connectivity index (χ1v) is 8.83. The van der Waals surface area contributed by atoms with Crippen molar-refractivity contribution in [2.75, 3.05) is 11.6 Å². The van der Waals surface area contributed by atoms with E-state index >= 15 is 0 Å². The number of nitrogens with one attached hydrogen (secondary N) is 1. The molecule has 2 aromatic carbocycles. The molecule has 0 saturated carbocycles. The molecule has 0 bridgehead atoms. The fraction of sp³-hybridized carbons (Fsp3) is 0.133. The van der Waals surface area contributed by atoms with Gasteiger partial charge in [-0.05, 0) is 42.8 Å². The van der Waals surface area contributed by atoms with E-state index in [1.54, 1.807) is 30.3 Å². The highest BCUT2D eigenvalue weighted by Gasteiger charge is 2.15. The summed E-state index contributed by atoms with van der Waals surface area (Å²) in [6, 6.07) is 11.7. The van der Waals surface area contributed by atoms with E-state index in [1.165, 1.54) is 6.07 Å². The van der Waals surface area contributed by atoms with Crippen LogP contribution in [0.25, 0.3) is 0 Å². The number of aryl methyl sites for hydroxylation is 1. The summed E-state index contributed by atoms with van der Waals surface area (Å²) in [6.07, 6.45) is 1.11. The first kappa shape index (κ1) is 15.7. The minimum atomic E-state index is -3.40. The Hall–Kier alpha value is -1.66. The molecule has 0 aromatic heterocycles. The molecule has 6 heteroatoms. The second-order valence-corrected chi connectivity index (χ2v) is 7.64. The molecule has 0 saturated heterocycles. The molecule has 110 valence electrons. The number of rotatable bonds is 3. The monoisotopic (exact) mass is 367 g/mol. The highest BCUT2D eigenvalue weighted by molar-refractivity contribution is 9.10. The molecule has 2 aromatic rings. The summed E-state index contributed by atoms with van der Waals surface area (Å²) in [5, 5.41) is 2.65. The van der Waals surface area contributed by atoms with Gasteiger partial charge in [-0.25, -0.2) is 8.42 Å². The molecule has 2 rings (SSSR count). The predicted octanol–water partition coefficient (Wildman–Crippen LogP) is 3.41. The van der Waals surface area contributed by atoms with Crippen LogP contribution in [0, 0.1) is 6.92 Å². The fourth-order valence-electron chi connectivity index (χ4n) is 1.96. The van der Waals surface area contributed by atoms with Gasteiger partial charge in [-0.2, -0.15) is 0 Å². The number of amides is 1. The average molecular weight is 368 g/mol. The molecule has 0 atom stereocenters. The topological polar surface area (TPSA) is 63.2 Å². The summed E-state index contributed by atoms with van der Waals surface area (Å²) in [5.41, 5.74) is 1.68. The Labute approximate surface area is 132 Å². The molecule has 0 aliphatic carbocycles. The van der Waals surface area contributed by atoms with E-state index in [-0.39, 0.29) is 16.5 Å². The third kappa shape index (κ3) is 3.92. The minimum absolute atomic E-state index is 0.102. The summed E-state index contributed by atoms with van der Waals surface area (Å²) in [6.45, 7) is 1.88. The number of carbonyl (C=O) groups is 1. The Morgan fingerprint density at radius 1 is 1.14 bits per heavy atom. The number of benzene rings is 2. The molecule has 0 heterocycles. The van der Waals surface area contributed by atoms with Crippen LogP contribution >= 0.6 is 15.9 Å². The molecule has 0 unspecified atom stereocenters. The van der Waals surface area contributed by atoms with E-state index < -0.39 is 9.84 Å². The number of carbonyl (C=O) groups excluding carboxylic acids is 1. The Bertz CT molecular complexity index is 780. The Kier molecular flexibility index (Phi) is 4.49. The molecule has 1 N–H and O–H groups in total. The van der Waals surface area contributed by atoms with Crippen molar-refractivity contribution >= 4 is 37.4 Å². The summed E-state index contributed by atoms with van der Waals surface area (Å²) >= 11 is 3.34. The lowest BCUT2D eigenvalue weighted by molar-refractivity contribution is 0.102. The van der Waals surface area contributed by atoms with Crippen LogP contribution in [0.2, 0.25) is 0 Å². The zero-order valence-electron chi connectivity index (χ0n) is 11.6. The maximum absolute atomic E-state index is 12.3.